The third-order valence-corrected chi connectivity index (χ3v) is 4.46. The van der Waals surface area contributed by atoms with Crippen molar-refractivity contribution in [2.75, 3.05) is 12.4 Å². The second-order valence-corrected chi connectivity index (χ2v) is 6.51. The molecule has 0 saturated heterocycles. The molecule has 0 aromatic heterocycles. The van der Waals surface area contributed by atoms with Crippen molar-refractivity contribution in [1.82, 2.24) is 0 Å². The Morgan fingerprint density at radius 3 is 2.52 bits per heavy atom. The van der Waals surface area contributed by atoms with Crippen LogP contribution in [0.25, 0.3) is 6.08 Å². The van der Waals surface area contributed by atoms with Gasteiger partial charge in [-0.2, -0.15) is 0 Å². The SMILES string of the molecule is COc1ccc(C(=O)/C=C/c2cccc(NC(=O)c3ccccc3Cl)c2)c(F)c1. The molecule has 146 valence electrons. The maximum Gasteiger partial charge on any atom is 0.257 e. The molecule has 4 nitrogen and oxygen atoms in total. The summed E-state index contributed by atoms with van der Waals surface area (Å²) in [5.41, 5.74) is 1.52. The predicted octanol–water partition coefficient (Wildman–Crippen LogP) is 5.64. The fourth-order valence-electron chi connectivity index (χ4n) is 2.65. The van der Waals surface area contributed by atoms with Gasteiger partial charge in [0.15, 0.2) is 5.78 Å². The molecule has 0 aliphatic rings. The number of rotatable bonds is 6. The Labute approximate surface area is 172 Å². The first-order chi connectivity index (χ1) is 14.0. The van der Waals surface area contributed by atoms with E-state index in [1.807, 2.05) is 0 Å². The van der Waals surface area contributed by atoms with E-state index in [1.54, 1.807) is 54.6 Å². The average Bonchev–Trinajstić information content (AvgIpc) is 2.72. The first-order valence-electron chi connectivity index (χ1n) is 8.70. The van der Waals surface area contributed by atoms with E-state index in [-0.39, 0.29) is 11.5 Å². The third-order valence-electron chi connectivity index (χ3n) is 4.13. The Balaban J connectivity index is 1.73. The van der Waals surface area contributed by atoms with E-state index in [1.165, 1.54) is 25.3 Å². The van der Waals surface area contributed by atoms with E-state index in [0.717, 1.165) is 6.07 Å². The van der Waals surface area contributed by atoms with Crippen LogP contribution in [-0.2, 0) is 0 Å². The minimum atomic E-state index is -0.653. The number of amides is 1. The first-order valence-corrected chi connectivity index (χ1v) is 9.07. The molecule has 3 aromatic carbocycles. The number of halogens is 2. The number of anilines is 1. The number of allylic oxidation sites excluding steroid dienone is 1. The molecule has 0 bridgehead atoms. The Morgan fingerprint density at radius 1 is 1.00 bits per heavy atom. The molecular weight excluding hydrogens is 393 g/mol. The zero-order valence-corrected chi connectivity index (χ0v) is 16.2. The van der Waals surface area contributed by atoms with Gasteiger partial charge in [-0.25, -0.2) is 4.39 Å². The Bertz CT molecular complexity index is 1090. The number of benzene rings is 3. The molecule has 0 aliphatic carbocycles. The van der Waals surface area contributed by atoms with Crippen LogP contribution in [0.15, 0.2) is 72.8 Å². The van der Waals surface area contributed by atoms with Gasteiger partial charge < -0.3 is 10.1 Å². The van der Waals surface area contributed by atoms with Crippen molar-refractivity contribution >= 4 is 35.1 Å². The van der Waals surface area contributed by atoms with Crippen LogP contribution in [0.5, 0.6) is 5.75 Å². The normalized spacial score (nSPS) is 10.7. The summed E-state index contributed by atoms with van der Waals surface area (Å²) < 4.78 is 19.0. The smallest absolute Gasteiger partial charge is 0.257 e. The van der Waals surface area contributed by atoms with Crippen molar-refractivity contribution in [1.29, 1.82) is 0 Å². The van der Waals surface area contributed by atoms with Crippen LogP contribution >= 0.6 is 11.6 Å². The maximum absolute atomic E-state index is 14.0. The van der Waals surface area contributed by atoms with Crippen LogP contribution in [-0.4, -0.2) is 18.8 Å². The summed E-state index contributed by atoms with van der Waals surface area (Å²) in [5, 5.41) is 3.12. The number of methoxy groups -OCH3 is 1. The molecular formula is C23H17ClFNO3. The second kappa shape index (κ2) is 9.17. The Kier molecular flexibility index (Phi) is 6.42. The molecule has 0 heterocycles. The van der Waals surface area contributed by atoms with Gasteiger partial charge in [-0.3, -0.25) is 9.59 Å². The number of carbonyl (C=O) groups excluding carboxylic acids is 2. The molecule has 6 heteroatoms. The highest BCUT2D eigenvalue weighted by atomic mass is 35.5. The average molecular weight is 410 g/mol. The van der Waals surface area contributed by atoms with Crippen LogP contribution in [0.4, 0.5) is 10.1 Å². The second-order valence-electron chi connectivity index (χ2n) is 6.10. The molecule has 0 spiro atoms. The van der Waals surface area contributed by atoms with E-state index in [2.05, 4.69) is 5.32 Å². The largest absolute Gasteiger partial charge is 0.497 e. The molecule has 29 heavy (non-hydrogen) atoms. The lowest BCUT2D eigenvalue weighted by Crippen LogP contribution is -2.12. The Morgan fingerprint density at radius 2 is 1.79 bits per heavy atom. The van der Waals surface area contributed by atoms with E-state index in [9.17, 15) is 14.0 Å². The van der Waals surface area contributed by atoms with Crippen molar-refractivity contribution in [3.8, 4) is 5.75 Å². The van der Waals surface area contributed by atoms with Gasteiger partial charge >= 0.3 is 0 Å². The molecule has 1 amide bonds. The quantitative estimate of drug-likeness (QED) is 0.423. The number of hydrogen-bond acceptors (Lipinski definition) is 3. The lowest BCUT2D eigenvalue weighted by Gasteiger charge is -2.07. The number of ketones is 1. The van der Waals surface area contributed by atoms with Gasteiger partial charge in [-0.15, -0.1) is 0 Å². The molecule has 0 fully saturated rings. The Hall–Kier alpha value is -3.44. The van der Waals surface area contributed by atoms with Gasteiger partial charge in [0, 0.05) is 11.8 Å². The highest BCUT2D eigenvalue weighted by Gasteiger charge is 2.11. The van der Waals surface area contributed by atoms with Crippen LogP contribution < -0.4 is 10.1 Å². The van der Waals surface area contributed by atoms with Crippen molar-refractivity contribution in [3.05, 3.63) is 100 Å². The van der Waals surface area contributed by atoms with Crippen molar-refractivity contribution in [2.45, 2.75) is 0 Å². The predicted molar refractivity (Wildman–Crippen MR) is 112 cm³/mol. The summed E-state index contributed by atoms with van der Waals surface area (Å²) in [4.78, 5) is 24.6. The molecule has 1 N–H and O–H groups in total. The summed E-state index contributed by atoms with van der Waals surface area (Å²) in [7, 11) is 1.42. The minimum absolute atomic E-state index is 0.0507. The highest BCUT2D eigenvalue weighted by molar-refractivity contribution is 6.34. The van der Waals surface area contributed by atoms with Gasteiger partial charge in [0.2, 0.25) is 0 Å². The van der Waals surface area contributed by atoms with Gasteiger partial charge in [0.05, 0.1) is 23.3 Å². The van der Waals surface area contributed by atoms with Crippen molar-refractivity contribution in [3.63, 3.8) is 0 Å². The molecule has 0 unspecified atom stereocenters. The molecule has 0 aliphatic heterocycles. The van der Waals surface area contributed by atoms with Crippen LogP contribution in [0.2, 0.25) is 5.02 Å². The molecule has 0 saturated carbocycles. The van der Waals surface area contributed by atoms with Gasteiger partial charge in [0.25, 0.3) is 5.91 Å². The minimum Gasteiger partial charge on any atom is -0.497 e. The highest BCUT2D eigenvalue weighted by Crippen LogP contribution is 2.20. The number of ether oxygens (including phenoxy) is 1. The fraction of sp³-hybridized carbons (Fsp3) is 0.0435. The molecule has 0 atom stereocenters. The topological polar surface area (TPSA) is 55.4 Å². The number of nitrogens with one attached hydrogen (secondary N) is 1. The van der Waals surface area contributed by atoms with Crippen LogP contribution in [0.1, 0.15) is 26.3 Å². The molecule has 0 radical (unpaired) electrons. The molecule has 3 rings (SSSR count). The van der Waals surface area contributed by atoms with E-state index < -0.39 is 11.6 Å². The van der Waals surface area contributed by atoms with E-state index in [4.69, 9.17) is 16.3 Å². The van der Waals surface area contributed by atoms with Gasteiger partial charge in [-0.1, -0.05) is 41.9 Å². The van der Waals surface area contributed by atoms with Gasteiger partial charge in [0.1, 0.15) is 11.6 Å². The van der Waals surface area contributed by atoms with Crippen LogP contribution in [0, 0.1) is 5.82 Å². The first kappa shape index (κ1) is 20.3. The van der Waals surface area contributed by atoms with E-state index in [0.29, 0.717) is 27.6 Å². The number of carbonyl (C=O) groups is 2. The summed E-state index contributed by atoms with van der Waals surface area (Å²) in [6.07, 6.45) is 2.83. The zero-order chi connectivity index (χ0) is 20.8. The monoisotopic (exact) mass is 409 g/mol. The number of hydrogen-bond donors (Lipinski definition) is 1. The maximum atomic E-state index is 14.0. The zero-order valence-electron chi connectivity index (χ0n) is 15.5. The molecule has 3 aromatic rings. The third kappa shape index (κ3) is 5.09. The fourth-order valence-corrected chi connectivity index (χ4v) is 2.87. The summed E-state index contributed by atoms with van der Waals surface area (Å²) in [6.45, 7) is 0. The van der Waals surface area contributed by atoms with E-state index >= 15 is 0 Å². The standard InChI is InChI=1S/C23H17ClFNO3/c1-29-17-10-11-19(21(25)14-17)22(27)12-9-15-5-4-6-16(13-15)26-23(28)18-7-2-3-8-20(18)24/h2-14H,1H3,(H,26,28)/b12-9+. The summed E-state index contributed by atoms with van der Waals surface area (Å²) in [6, 6.07) is 17.7. The van der Waals surface area contributed by atoms with Gasteiger partial charge in [-0.05, 0) is 48.0 Å². The van der Waals surface area contributed by atoms with Crippen molar-refractivity contribution in [2.24, 2.45) is 0 Å². The van der Waals surface area contributed by atoms with Crippen molar-refractivity contribution < 1.29 is 18.7 Å². The summed E-state index contributed by atoms with van der Waals surface area (Å²) in [5.74, 6) is -1.13. The lowest BCUT2D eigenvalue weighted by atomic mass is 10.1. The summed E-state index contributed by atoms with van der Waals surface area (Å²) >= 11 is 6.04. The van der Waals surface area contributed by atoms with Crippen LogP contribution in [0.3, 0.4) is 0 Å². The lowest BCUT2D eigenvalue weighted by molar-refractivity contribution is 0.102.